The number of hydrogen-bond donors (Lipinski definition) is 1. The fraction of sp³-hybridized carbons (Fsp3) is 0.176. The van der Waals surface area contributed by atoms with E-state index < -0.39 is 0 Å². The van der Waals surface area contributed by atoms with E-state index in [1.54, 1.807) is 0 Å². The van der Waals surface area contributed by atoms with E-state index in [9.17, 15) is 4.79 Å². The molecule has 4 nitrogen and oxygen atoms in total. The maximum Gasteiger partial charge on any atom is 0.274 e. The quantitative estimate of drug-likeness (QED) is 0.801. The molecule has 0 aliphatic heterocycles. The van der Waals surface area contributed by atoms with Crippen LogP contribution in [0.15, 0.2) is 59.4 Å². The van der Waals surface area contributed by atoms with E-state index in [1.165, 1.54) is 4.68 Å². The largest absolute Gasteiger partial charge is 0.328 e. The van der Waals surface area contributed by atoms with Gasteiger partial charge in [0.25, 0.3) is 5.56 Å². The van der Waals surface area contributed by atoms with Crippen molar-refractivity contribution >= 4 is 10.8 Å². The summed E-state index contributed by atoms with van der Waals surface area (Å²) in [7, 11) is 0. The van der Waals surface area contributed by atoms with Crippen LogP contribution in [-0.4, -0.2) is 16.3 Å². The van der Waals surface area contributed by atoms with Crippen molar-refractivity contribution in [2.45, 2.75) is 13.0 Å². The second-order valence-electron chi connectivity index (χ2n) is 5.09. The van der Waals surface area contributed by atoms with E-state index in [0.29, 0.717) is 11.9 Å². The molecule has 0 saturated heterocycles. The zero-order valence-corrected chi connectivity index (χ0v) is 11.9. The molecule has 0 radical (unpaired) electrons. The topological polar surface area (TPSA) is 60.9 Å². The predicted octanol–water partition coefficient (Wildman–Crippen LogP) is 2.58. The molecule has 3 aromatic rings. The van der Waals surface area contributed by atoms with E-state index in [2.05, 4.69) is 5.10 Å². The van der Waals surface area contributed by atoms with Gasteiger partial charge in [-0.05, 0) is 13.0 Å². The van der Waals surface area contributed by atoms with Gasteiger partial charge in [0.1, 0.15) is 0 Å². The highest BCUT2D eigenvalue weighted by Crippen LogP contribution is 2.24. The average molecular weight is 279 g/mol. The van der Waals surface area contributed by atoms with Gasteiger partial charge in [0.2, 0.25) is 0 Å². The zero-order chi connectivity index (χ0) is 14.8. The van der Waals surface area contributed by atoms with Gasteiger partial charge in [0, 0.05) is 17.5 Å². The summed E-state index contributed by atoms with van der Waals surface area (Å²) < 4.78 is 1.49. The van der Waals surface area contributed by atoms with Crippen LogP contribution in [0.1, 0.15) is 13.0 Å². The summed E-state index contributed by atoms with van der Waals surface area (Å²) in [5.74, 6) is 0. The smallest absolute Gasteiger partial charge is 0.274 e. The number of nitrogens with zero attached hydrogens (tertiary/aromatic N) is 2. The summed E-state index contributed by atoms with van der Waals surface area (Å²) in [6.45, 7) is 2.28. The van der Waals surface area contributed by atoms with Gasteiger partial charge in [0.05, 0.1) is 17.1 Å². The maximum absolute atomic E-state index is 12.6. The Morgan fingerprint density at radius 1 is 1.05 bits per heavy atom. The number of nitrogens with two attached hydrogens (primary N) is 1. The first-order valence-corrected chi connectivity index (χ1v) is 6.99. The van der Waals surface area contributed by atoms with Crippen molar-refractivity contribution < 1.29 is 0 Å². The third kappa shape index (κ3) is 2.34. The lowest BCUT2D eigenvalue weighted by Crippen LogP contribution is -2.30. The molecular formula is C17H17N3O. The molecule has 2 N–H and O–H groups in total. The molecule has 1 atom stereocenters. The molecule has 1 heterocycles. The molecule has 1 unspecified atom stereocenters. The summed E-state index contributed by atoms with van der Waals surface area (Å²) in [5, 5.41) is 6.11. The fourth-order valence-electron chi connectivity index (χ4n) is 2.41. The first kappa shape index (κ1) is 13.5. The van der Waals surface area contributed by atoms with Crippen LogP contribution in [0.5, 0.6) is 0 Å². The van der Waals surface area contributed by atoms with Crippen LogP contribution in [0.2, 0.25) is 0 Å². The van der Waals surface area contributed by atoms with E-state index in [-0.39, 0.29) is 11.6 Å². The summed E-state index contributed by atoms with van der Waals surface area (Å²) >= 11 is 0. The highest BCUT2D eigenvalue weighted by molar-refractivity contribution is 5.93. The lowest BCUT2D eigenvalue weighted by Gasteiger charge is -2.15. The van der Waals surface area contributed by atoms with Crippen molar-refractivity contribution in [1.29, 1.82) is 0 Å². The summed E-state index contributed by atoms with van der Waals surface area (Å²) in [5.41, 5.74) is 7.42. The normalized spacial score (nSPS) is 12.5. The molecule has 0 amide bonds. The van der Waals surface area contributed by atoms with Crippen molar-refractivity contribution in [3.05, 3.63) is 65.0 Å². The first-order chi connectivity index (χ1) is 10.2. The van der Waals surface area contributed by atoms with Crippen molar-refractivity contribution in [1.82, 2.24) is 9.78 Å². The van der Waals surface area contributed by atoms with Crippen LogP contribution < -0.4 is 11.3 Å². The Hall–Kier alpha value is -2.46. The van der Waals surface area contributed by atoms with Gasteiger partial charge in [-0.1, -0.05) is 48.5 Å². The van der Waals surface area contributed by atoms with Gasteiger partial charge in [0.15, 0.2) is 0 Å². The molecule has 3 rings (SSSR count). The van der Waals surface area contributed by atoms with Crippen molar-refractivity contribution in [3.63, 3.8) is 0 Å². The Labute approximate surface area is 122 Å². The van der Waals surface area contributed by atoms with Crippen LogP contribution in [0.3, 0.4) is 0 Å². The lowest BCUT2D eigenvalue weighted by molar-refractivity contribution is 0.481. The van der Waals surface area contributed by atoms with E-state index >= 15 is 0 Å². The number of benzene rings is 2. The van der Waals surface area contributed by atoms with E-state index in [1.807, 2.05) is 61.5 Å². The summed E-state index contributed by atoms with van der Waals surface area (Å²) in [6, 6.07) is 17.3. The Balaban J connectivity index is 2.38. The highest BCUT2D eigenvalue weighted by atomic mass is 16.1. The average Bonchev–Trinajstić information content (AvgIpc) is 2.55. The predicted molar refractivity (Wildman–Crippen MR) is 85.2 cm³/mol. The first-order valence-electron chi connectivity index (χ1n) is 6.99. The SMILES string of the molecule is CC(CN)n1nc(-c2ccccc2)c2ccccc2c1=O. The molecule has 0 aliphatic rings. The Morgan fingerprint density at radius 3 is 2.33 bits per heavy atom. The maximum atomic E-state index is 12.6. The summed E-state index contributed by atoms with van der Waals surface area (Å²) in [4.78, 5) is 12.6. The van der Waals surface area contributed by atoms with Crippen LogP contribution in [-0.2, 0) is 0 Å². The van der Waals surface area contributed by atoms with Gasteiger partial charge >= 0.3 is 0 Å². The second kappa shape index (κ2) is 5.50. The van der Waals surface area contributed by atoms with Gasteiger partial charge in [-0.3, -0.25) is 4.79 Å². The van der Waals surface area contributed by atoms with E-state index in [0.717, 1.165) is 16.6 Å². The summed E-state index contributed by atoms with van der Waals surface area (Å²) in [6.07, 6.45) is 0. The molecule has 0 saturated carbocycles. The van der Waals surface area contributed by atoms with Gasteiger partial charge in [-0.2, -0.15) is 5.10 Å². The fourth-order valence-corrected chi connectivity index (χ4v) is 2.41. The molecule has 106 valence electrons. The molecule has 0 bridgehead atoms. The van der Waals surface area contributed by atoms with E-state index in [4.69, 9.17) is 5.73 Å². The third-order valence-electron chi connectivity index (χ3n) is 3.63. The standard InChI is InChI=1S/C17H17N3O/c1-12(11-18)20-17(21)15-10-6-5-9-14(15)16(19-20)13-7-3-2-4-8-13/h2-10,12H,11,18H2,1H3. The monoisotopic (exact) mass is 279 g/mol. The molecule has 0 aliphatic carbocycles. The number of hydrogen-bond acceptors (Lipinski definition) is 3. The van der Waals surface area contributed by atoms with Crippen LogP contribution in [0.25, 0.3) is 22.0 Å². The van der Waals surface area contributed by atoms with Crippen molar-refractivity contribution in [2.24, 2.45) is 5.73 Å². The van der Waals surface area contributed by atoms with Gasteiger partial charge in [-0.25, -0.2) is 4.68 Å². The molecular weight excluding hydrogens is 262 g/mol. The number of rotatable bonds is 3. The molecule has 2 aromatic carbocycles. The van der Waals surface area contributed by atoms with Crippen LogP contribution in [0.4, 0.5) is 0 Å². The minimum Gasteiger partial charge on any atom is -0.328 e. The Bertz CT molecular complexity index is 824. The molecule has 0 fully saturated rings. The zero-order valence-electron chi connectivity index (χ0n) is 11.9. The second-order valence-corrected chi connectivity index (χ2v) is 5.09. The minimum absolute atomic E-state index is 0.0942. The third-order valence-corrected chi connectivity index (χ3v) is 3.63. The van der Waals surface area contributed by atoms with Gasteiger partial charge < -0.3 is 5.73 Å². The molecule has 4 heteroatoms. The van der Waals surface area contributed by atoms with Crippen molar-refractivity contribution in [2.75, 3.05) is 6.54 Å². The minimum atomic E-state index is -0.135. The number of aromatic nitrogens is 2. The molecule has 21 heavy (non-hydrogen) atoms. The van der Waals surface area contributed by atoms with Gasteiger partial charge in [-0.15, -0.1) is 0 Å². The molecule has 1 aromatic heterocycles. The Kier molecular flexibility index (Phi) is 3.54. The number of fused-ring (bicyclic) bond motifs is 1. The molecule has 0 spiro atoms. The van der Waals surface area contributed by atoms with Crippen LogP contribution in [0, 0.1) is 0 Å². The van der Waals surface area contributed by atoms with Crippen LogP contribution >= 0.6 is 0 Å². The highest BCUT2D eigenvalue weighted by Gasteiger charge is 2.14. The van der Waals surface area contributed by atoms with Crippen molar-refractivity contribution in [3.8, 4) is 11.3 Å². The lowest BCUT2D eigenvalue weighted by atomic mass is 10.1. The Morgan fingerprint density at radius 2 is 1.67 bits per heavy atom.